The minimum Gasteiger partial charge on any atom is -0.480 e. The Bertz CT molecular complexity index is 152. The molecule has 0 aromatic carbocycles. The summed E-state index contributed by atoms with van der Waals surface area (Å²) in [5, 5.41) is 8.42. The van der Waals surface area contributed by atoms with E-state index in [9.17, 15) is 4.79 Å². The fourth-order valence-electron chi connectivity index (χ4n) is 0.531. The molecule has 0 heterocycles. The molecule has 0 aliphatic carbocycles. The SMILES string of the molecule is CS(C)(Cl)CC[C@H](N)C(=O)O.SCl. The summed E-state index contributed by atoms with van der Waals surface area (Å²) in [6.07, 6.45) is 4.30. The van der Waals surface area contributed by atoms with Gasteiger partial charge in [-0.15, -0.1) is 0 Å². The van der Waals surface area contributed by atoms with E-state index in [4.69, 9.17) is 21.5 Å². The Balaban J connectivity index is 0. The van der Waals surface area contributed by atoms with Gasteiger partial charge in [-0.3, -0.25) is 4.79 Å². The first-order chi connectivity index (χ1) is 5.83. The maximum atomic E-state index is 10.3. The van der Waals surface area contributed by atoms with Crippen LogP contribution in [0.2, 0.25) is 0 Å². The first kappa shape index (κ1) is 16.2. The van der Waals surface area contributed by atoms with Crippen molar-refractivity contribution in [1.29, 1.82) is 0 Å². The molecule has 3 nitrogen and oxygen atoms in total. The Morgan fingerprint density at radius 2 is 2.00 bits per heavy atom. The van der Waals surface area contributed by atoms with Crippen molar-refractivity contribution >= 4 is 48.4 Å². The average molecular weight is 268 g/mol. The topological polar surface area (TPSA) is 63.3 Å². The summed E-state index contributed by atoms with van der Waals surface area (Å²) < 4.78 is 0. The van der Waals surface area contributed by atoms with Gasteiger partial charge in [0.25, 0.3) is 0 Å². The fraction of sp³-hybridized carbons (Fsp3) is 0.833. The number of carboxylic acid groups (broad SMARTS) is 1. The molecule has 0 spiro atoms. The molecule has 0 amide bonds. The van der Waals surface area contributed by atoms with Crippen molar-refractivity contribution in [3.8, 4) is 0 Å². The van der Waals surface area contributed by atoms with Crippen LogP contribution in [0.3, 0.4) is 0 Å². The van der Waals surface area contributed by atoms with Crippen molar-refractivity contribution < 1.29 is 9.90 Å². The third kappa shape index (κ3) is 12.7. The summed E-state index contributed by atoms with van der Waals surface area (Å²) in [6.45, 7) is 0. The van der Waals surface area contributed by atoms with E-state index in [1.807, 2.05) is 12.5 Å². The van der Waals surface area contributed by atoms with E-state index >= 15 is 0 Å². The lowest BCUT2D eigenvalue weighted by molar-refractivity contribution is -0.138. The van der Waals surface area contributed by atoms with Crippen LogP contribution in [0, 0.1) is 0 Å². The van der Waals surface area contributed by atoms with Crippen molar-refractivity contribution in [3.05, 3.63) is 0 Å². The van der Waals surface area contributed by atoms with Crippen LogP contribution in [0.15, 0.2) is 0 Å². The average Bonchev–Trinajstić information content (AvgIpc) is 2.02. The molecule has 0 saturated heterocycles. The van der Waals surface area contributed by atoms with Crippen molar-refractivity contribution in [3.63, 3.8) is 0 Å². The van der Waals surface area contributed by atoms with Gasteiger partial charge in [0, 0.05) is 0 Å². The Labute approximate surface area is 94.7 Å². The third-order valence-corrected chi connectivity index (χ3v) is 2.90. The molecule has 7 heteroatoms. The summed E-state index contributed by atoms with van der Waals surface area (Å²) in [6, 6.07) is -0.763. The predicted octanol–water partition coefficient (Wildman–Crippen LogP) is 2.08. The first-order valence-electron chi connectivity index (χ1n) is 3.39. The lowest BCUT2D eigenvalue weighted by atomic mass is 10.2. The molecular weight excluding hydrogens is 253 g/mol. The van der Waals surface area contributed by atoms with Gasteiger partial charge >= 0.3 is 5.97 Å². The molecule has 0 fully saturated rings. The van der Waals surface area contributed by atoms with Crippen LogP contribution >= 0.6 is 42.4 Å². The zero-order valence-electron chi connectivity index (χ0n) is 7.54. The standard InChI is InChI=1S/C6H14ClNO2S.ClHS/c1-11(2,7)4-3-5(8)6(9)10;1-2/h5H,3-4,8H2,1-2H3,(H,9,10);2H/t5-;/m0./s1. The maximum Gasteiger partial charge on any atom is 0.320 e. The minimum absolute atomic E-state index is 0.459. The van der Waals surface area contributed by atoms with Crippen LogP contribution in [0.5, 0.6) is 0 Å². The van der Waals surface area contributed by atoms with Crippen LogP contribution in [0.1, 0.15) is 6.42 Å². The number of carbonyl (C=O) groups is 1. The van der Waals surface area contributed by atoms with E-state index < -0.39 is 21.3 Å². The number of rotatable bonds is 4. The van der Waals surface area contributed by atoms with Crippen molar-refractivity contribution in [1.82, 2.24) is 0 Å². The second-order valence-electron chi connectivity index (χ2n) is 2.84. The number of carboxylic acids is 1. The number of halogens is 2. The summed E-state index contributed by atoms with van der Waals surface area (Å²) in [5.74, 6) is -0.257. The van der Waals surface area contributed by atoms with Crippen molar-refractivity contribution in [2.75, 3.05) is 18.3 Å². The zero-order chi connectivity index (χ0) is 11.1. The lowest BCUT2D eigenvalue weighted by Crippen LogP contribution is -2.31. The number of hydrogen-bond acceptors (Lipinski definition) is 3. The van der Waals surface area contributed by atoms with Gasteiger partial charge in [-0.1, -0.05) is 22.5 Å². The highest BCUT2D eigenvalue weighted by atomic mass is 35.7. The second-order valence-corrected chi connectivity index (χ2v) is 8.56. The van der Waals surface area contributed by atoms with Crippen molar-refractivity contribution in [2.45, 2.75) is 12.5 Å². The smallest absolute Gasteiger partial charge is 0.320 e. The van der Waals surface area contributed by atoms with E-state index in [0.29, 0.717) is 12.2 Å². The van der Waals surface area contributed by atoms with Crippen LogP contribution in [-0.2, 0) is 4.79 Å². The number of hydrogen-bond donors (Lipinski definition) is 3. The lowest BCUT2D eigenvalue weighted by Gasteiger charge is -2.22. The zero-order valence-corrected chi connectivity index (χ0v) is 10.8. The van der Waals surface area contributed by atoms with Crippen molar-refractivity contribution in [2.24, 2.45) is 5.73 Å². The summed E-state index contributed by atoms with van der Waals surface area (Å²) in [4.78, 5) is 10.3. The molecule has 0 aromatic heterocycles. The van der Waals surface area contributed by atoms with E-state index in [1.54, 1.807) is 0 Å². The van der Waals surface area contributed by atoms with Gasteiger partial charge in [-0.05, 0) is 35.4 Å². The first-order valence-corrected chi connectivity index (χ1v) is 8.18. The molecule has 0 radical (unpaired) electrons. The molecule has 0 bridgehead atoms. The van der Waals surface area contributed by atoms with E-state index in [0.717, 1.165) is 0 Å². The Hall–Kier alpha value is 0.710. The Morgan fingerprint density at radius 1 is 1.62 bits per heavy atom. The Morgan fingerprint density at radius 3 is 2.23 bits per heavy atom. The molecule has 82 valence electrons. The molecular formula is C6H15Cl2NO2S2. The van der Waals surface area contributed by atoms with Crippen LogP contribution in [0.4, 0.5) is 0 Å². The van der Waals surface area contributed by atoms with Gasteiger partial charge in [0.2, 0.25) is 0 Å². The highest BCUT2D eigenvalue weighted by molar-refractivity contribution is 8.50. The van der Waals surface area contributed by atoms with E-state index in [1.165, 1.54) is 0 Å². The Kier molecular flexibility index (Phi) is 10.0. The highest BCUT2D eigenvalue weighted by Crippen LogP contribution is 2.45. The highest BCUT2D eigenvalue weighted by Gasteiger charge is 2.15. The quantitative estimate of drug-likeness (QED) is 0.684. The summed E-state index contributed by atoms with van der Waals surface area (Å²) in [5.41, 5.74) is 5.28. The molecule has 0 aromatic rings. The predicted molar refractivity (Wildman–Crippen MR) is 65.2 cm³/mol. The molecule has 0 rings (SSSR count). The molecule has 13 heavy (non-hydrogen) atoms. The minimum atomic E-state index is -1.12. The third-order valence-electron chi connectivity index (χ3n) is 1.23. The monoisotopic (exact) mass is 267 g/mol. The number of thiol groups is 1. The second kappa shape index (κ2) is 8.05. The van der Waals surface area contributed by atoms with Gasteiger partial charge in [0.05, 0.1) is 0 Å². The van der Waals surface area contributed by atoms with Crippen LogP contribution in [0.25, 0.3) is 0 Å². The number of aliphatic carboxylic acids is 1. The van der Waals surface area contributed by atoms with Gasteiger partial charge in [0.1, 0.15) is 6.04 Å². The normalized spacial score (nSPS) is 14.0. The van der Waals surface area contributed by atoms with Gasteiger partial charge in [-0.25, -0.2) is 0 Å². The van der Waals surface area contributed by atoms with E-state index in [2.05, 4.69) is 22.5 Å². The molecule has 0 saturated carbocycles. The maximum absolute atomic E-state index is 10.3. The molecule has 0 aliphatic heterocycles. The van der Waals surface area contributed by atoms with Gasteiger partial charge < -0.3 is 10.8 Å². The molecule has 1 atom stereocenters. The molecule has 3 N–H and O–H groups in total. The van der Waals surface area contributed by atoms with Crippen LogP contribution in [-0.4, -0.2) is 35.4 Å². The summed E-state index contributed by atoms with van der Waals surface area (Å²) in [7, 11) is 9.13. The molecule has 0 unspecified atom stereocenters. The largest absolute Gasteiger partial charge is 0.480 e. The van der Waals surface area contributed by atoms with Gasteiger partial charge in [-0.2, -0.15) is 9.24 Å². The fourth-order valence-corrected chi connectivity index (χ4v) is 1.61. The molecule has 0 aliphatic rings. The summed E-state index contributed by atoms with van der Waals surface area (Å²) >= 11 is 3.00. The van der Waals surface area contributed by atoms with Gasteiger partial charge in [0.15, 0.2) is 0 Å². The number of nitrogens with two attached hydrogens (primary N) is 1. The van der Waals surface area contributed by atoms with E-state index in [-0.39, 0.29) is 0 Å². The van der Waals surface area contributed by atoms with Crippen LogP contribution < -0.4 is 5.73 Å².